The van der Waals surface area contributed by atoms with Crippen LogP contribution in [0.5, 0.6) is 0 Å². The lowest BCUT2D eigenvalue weighted by atomic mass is 9.66. The van der Waals surface area contributed by atoms with Gasteiger partial charge in [0.05, 0.1) is 5.41 Å². The van der Waals surface area contributed by atoms with Gasteiger partial charge in [-0.15, -0.1) is 0 Å². The Morgan fingerprint density at radius 3 is 2.10 bits per heavy atom. The Balaban J connectivity index is 1.88. The van der Waals surface area contributed by atoms with E-state index in [0.717, 1.165) is 32.4 Å². The van der Waals surface area contributed by atoms with Crippen LogP contribution in [0.3, 0.4) is 0 Å². The Hall–Kier alpha value is -1.06. The zero-order valence-electron chi connectivity index (χ0n) is 12.9. The van der Waals surface area contributed by atoms with Gasteiger partial charge in [-0.05, 0) is 37.0 Å². The maximum atomic E-state index is 12.3. The molecule has 0 aromatic heterocycles. The summed E-state index contributed by atoms with van der Waals surface area (Å²) in [7, 11) is 0. The van der Waals surface area contributed by atoms with Gasteiger partial charge >= 0.3 is 5.97 Å². The second-order valence-corrected chi connectivity index (χ2v) is 7.64. The largest absolute Gasteiger partial charge is 0.481 e. The van der Waals surface area contributed by atoms with Crippen LogP contribution in [-0.2, 0) is 9.59 Å². The Morgan fingerprint density at radius 1 is 1.20 bits per heavy atom. The molecule has 2 aliphatic rings. The lowest BCUT2D eigenvalue weighted by Crippen LogP contribution is -2.46. The summed E-state index contributed by atoms with van der Waals surface area (Å²) in [5, 5.41) is 9.31. The van der Waals surface area contributed by atoms with Crippen molar-refractivity contribution in [3.63, 3.8) is 0 Å². The molecule has 1 N–H and O–H groups in total. The van der Waals surface area contributed by atoms with Crippen LogP contribution in [0.2, 0.25) is 0 Å². The van der Waals surface area contributed by atoms with E-state index in [2.05, 4.69) is 20.8 Å². The van der Waals surface area contributed by atoms with Gasteiger partial charge in [-0.3, -0.25) is 9.59 Å². The molecule has 0 bridgehead atoms. The minimum Gasteiger partial charge on any atom is -0.481 e. The lowest BCUT2D eigenvalue weighted by Gasteiger charge is -2.41. The van der Waals surface area contributed by atoms with Crippen molar-refractivity contribution >= 4 is 11.9 Å². The fourth-order valence-corrected chi connectivity index (χ4v) is 3.47. The van der Waals surface area contributed by atoms with Crippen LogP contribution in [-0.4, -0.2) is 35.0 Å². The molecule has 2 fully saturated rings. The number of hydrogen-bond acceptors (Lipinski definition) is 2. The van der Waals surface area contributed by atoms with E-state index < -0.39 is 11.4 Å². The second kappa shape index (κ2) is 5.38. The predicted molar refractivity (Wildman–Crippen MR) is 77.3 cm³/mol. The highest BCUT2D eigenvalue weighted by molar-refractivity contribution is 5.85. The minimum atomic E-state index is -0.790. The first-order valence-corrected chi connectivity index (χ1v) is 7.76. The van der Waals surface area contributed by atoms with Gasteiger partial charge in [0.2, 0.25) is 5.91 Å². The first kappa shape index (κ1) is 15.3. The molecule has 0 spiro atoms. The molecule has 1 amide bonds. The van der Waals surface area contributed by atoms with E-state index >= 15 is 0 Å². The predicted octanol–water partition coefficient (Wildman–Crippen LogP) is 2.92. The van der Waals surface area contributed by atoms with E-state index in [-0.39, 0.29) is 12.3 Å². The number of rotatable bonds is 3. The number of carbonyl (C=O) groups is 2. The molecule has 0 radical (unpaired) electrons. The van der Waals surface area contributed by atoms with Crippen molar-refractivity contribution in [2.24, 2.45) is 16.7 Å². The van der Waals surface area contributed by atoms with Crippen molar-refractivity contribution in [2.75, 3.05) is 13.1 Å². The maximum absolute atomic E-state index is 12.3. The van der Waals surface area contributed by atoms with Gasteiger partial charge in [0.25, 0.3) is 0 Å². The number of aliphatic carboxylic acids is 1. The zero-order chi connectivity index (χ0) is 15.0. The normalized spacial score (nSPS) is 23.2. The molecule has 1 aliphatic carbocycles. The van der Waals surface area contributed by atoms with Crippen LogP contribution < -0.4 is 0 Å². The summed E-state index contributed by atoms with van der Waals surface area (Å²) in [5.41, 5.74) is -0.455. The van der Waals surface area contributed by atoms with Crippen molar-refractivity contribution in [3.8, 4) is 0 Å². The highest BCUT2D eigenvalue weighted by atomic mass is 16.4. The van der Waals surface area contributed by atoms with Gasteiger partial charge in [-0.1, -0.05) is 27.2 Å². The SMILES string of the molecule is CC(C)(C)C1CCN(C(=O)CC2(C(=O)O)CCC2)CC1. The highest BCUT2D eigenvalue weighted by Crippen LogP contribution is 2.45. The van der Waals surface area contributed by atoms with Gasteiger partial charge < -0.3 is 10.0 Å². The number of amides is 1. The number of carbonyl (C=O) groups excluding carboxylic acids is 1. The fraction of sp³-hybridized carbons (Fsp3) is 0.875. The van der Waals surface area contributed by atoms with Crippen molar-refractivity contribution in [1.82, 2.24) is 4.90 Å². The van der Waals surface area contributed by atoms with Crippen LogP contribution in [0.4, 0.5) is 0 Å². The number of nitrogens with zero attached hydrogens (tertiary/aromatic N) is 1. The number of piperidine rings is 1. The number of carboxylic acids is 1. The van der Waals surface area contributed by atoms with Crippen LogP contribution in [0.1, 0.15) is 59.3 Å². The number of hydrogen-bond donors (Lipinski definition) is 1. The van der Waals surface area contributed by atoms with Gasteiger partial charge in [0.15, 0.2) is 0 Å². The molecule has 1 aliphatic heterocycles. The van der Waals surface area contributed by atoms with E-state index in [9.17, 15) is 14.7 Å². The third-order valence-corrected chi connectivity index (χ3v) is 5.33. The standard InChI is InChI=1S/C16H27NO3/c1-15(2,3)12-5-9-17(10-6-12)13(18)11-16(14(19)20)7-4-8-16/h12H,4-11H2,1-3H3,(H,19,20). The van der Waals surface area contributed by atoms with Crippen LogP contribution >= 0.6 is 0 Å². The van der Waals surface area contributed by atoms with Crippen molar-refractivity contribution in [2.45, 2.75) is 59.3 Å². The van der Waals surface area contributed by atoms with E-state index in [1.54, 1.807) is 0 Å². The van der Waals surface area contributed by atoms with Gasteiger partial charge in [-0.2, -0.15) is 0 Å². The van der Waals surface area contributed by atoms with Gasteiger partial charge in [0.1, 0.15) is 0 Å². The van der Waals surface area contributed by atoms with Crippen molar-refractivity contribution in [3.05, 3.63) is 0 Å². The molecular formula is C16H27NO3. The fourth-order valence-electron chi connectivity index (χ4n) is 3.47. The molecular weight excluding hydrogens is 254 g/mol. The van der Waals surface area contributed by atoms with E-state index in [1.165, 1.54) is 0 Å². The second-order valence-electron chi connectivity index (χ2n) is 7.64. The molecule has 0 aromatic carbocycles. The molecule has 20 heavy (non-hydrogen) atoms. The molecule has 114 valence electrons. The van der Waals surface area contributed by atoms with Crippen molar-refractivity contribution < 1.29 is 14.7 Å². The van der Waals surface area contributed by atoms with Crippen molar-refractivity contribution in [1.29, 1.82) is 0 Å². The van der Waals surface area contributed by atoms with E-state index in [4.69, 9.17) is 0 Å². The Kier molecular flexibility index (Phi) is 4.12. The highest BCUT2D eigenvalue weighted by Gasteiger charge is 2.46. The molecule has 1 heterocycles. The minimum absolute atomic E-state index is 0.0412. The first-order valence-electron chi connectivity index (χ1n) is 7.76. The van der Waals surface area contributed by atoms with Crippen LogP contribution in [0, 0.1) is 16.7 Å². The van der Waals surface area contributed by atoms with Gasteiger partial charge in [0, 0.05) is 19.5 Å². The quantitative estimate of drug-likeness (QED) is 0.865. The summed E-state index contributed by atoms with van der Waals surface area (Å²) in [6, 6.07) is 0. The smallest absolute Gasteiger partial charge is 0.310 e. The Bertz CT molecular complexity index is 385. The summed E-state index contributed by atoms with van der Waals surface area (Å²) < 4.78 is 0. The van der Waals surface area contributed by atoms with E-state index in [0.29, 0.717) is 24.2 Å². The third kappa shape index (κ3) is 2.99. The Labute approximate surface area is 121 Å². The Morgan fingerprint density at radius 2 is 1.75 bits per heavy atom. The zero-order valence-corrected chi connectivity index (χ0v) is 12.9. The molecule has 4 heteroatoms. The summed E-state index contributed by atoms with van der Waals surface area (Å²) in [4.78, 5) is 25.5. The molecule has 0 aromatic rings. The number of likely N-dealkylation sites (tertiary alicyclic amines) is 1. The summed E-state index contributed by atoms with van der Waals surface area (Å²) in [6.45, 7) is 8.34. The summed E-state index contributed by atoms with van der Waals surface area (Å²) >= 11 is 0. The summed E-state index contributed by atoms with van der Waals surface area (Å²) in [5.74, 6) is -0.0928. The number of carboxylic acid groups (broad SMARTS) is 1. The monoisotopic (exact) mass is 281 g/mol. The maximum Gasteiger partial charge on any atom is 0.310 e. The molecule has 1 saturated heterocycles. The molecule has 1 saturated carbocycles. The topological polar surface area (TPSA) is 57.6 Å². The lowest BCUT2D eigenvalue weighted by molar-refractivity contribution is -0.160. The van der Waals surface area contributed by atoms with Crippen LogP contribution in [0.15, 0.2) is 0 Å². The first-order chi connectivity index (χ1) is 9.24. The van der Waals surface area contributed by atoms with Gasteiger partial charge in [-0.25, -0.2) is 0 Å². The molecule has 2 rings (SSSR count). The van der Waals surface area contributed by atoms with E-state index in [1.807, 2.05) is 4.90 Å². The molecule has 4 nitrogen and oxygen atoms in total. The molecule has 0 atom stereocenters. The molecule has 0 unspecified atom stereocenters. The summed E-state index contributed by atoms with van der Waals surface area (Å²) in [6.07, 6.45) is 4.53. The average molecular weight is 281 g/mol. The average Bonchev–Trinajstić information content (AvgIpc) is 2.32. The third-order valence-electron chi connectivity index (χ3n) is 5.33. The van der Waals surface area contributed by atoms with Crippen LogP contribution in [0.25, 0.3) is 0 Å².